The lowest BCUT2D eigenvalue weighted by atomic mass is 10.1. The van der Waals surface area contributed by atoms with Gasteiger partial charge in [0, 0.05) is 12.4 Å². The first kappa shape index (κ1) is 26.6. The second kappa shape index (κ2) is 13.1. The molecule has 0 aliphatic rings. The van der Waals surface area contributed by atoms with E-state index in [1.54, 1.807) is 13.1 Å². The van der Waals surface area contributed by atoms with E-state index >= 15 is 0 Å². The van der Waals surface area contributed by atoms with E-state index in [1.165, 1.54) is 24.5 Å². The van der Waals surface area contributed by atoms with E-state index in [1.807, 2.05) is 13.8 Å². The lowest BCUT2D eigenvalue weighted by molar-refractivity contribution is 0.101. The number of anilines is 1. The highest BCUT2D eigenvalue weighted by atomic mass is 19.1. The molecule has 0 saturated heterocycles. The first-order valence-electron chi connectivity index (χ1n) is 10.7. The van der Waals surface area contributed by atoms with Gasteiger partial charge in [0.2, 0.25) is 0 Å². The Balaban J connectivity index is 0.000000273. The number of nitrogens with one attached hydrogen (secondary N) is 3. The summed E-state index contributed by atoms with van der Waals surface area (Å²) in [6.07, 6.45) is 8.15. The number of hydrogen-bond acceptors (Lipinski definition) is 3. The third-order valence-electron chi connectivity index (χ3n) is 4.71. The summed E-state index contributed by atoms with van der Waals surface area (Å²) in [4.78, 5) is 18.9. The molecular formula is C24H27F4N5O. The molecule has 3 rings (SSSR count). The highest BCUT2D eigenvalue weighted by Crippen LogP contribution is 2.23. The molecule has 3 N–H and O–H groups in total. The van der Waals surface area contributed by atoms with E-state index in [9.17, 15) is 22.4 Å². The molecule has 3 aromatic rings. The largest absolute Gasteiger partial charge is 0.343 e. The van der Waals surface area contributed by atoms with Gasteiger partial charge in [0.25, 0.3) is 5.91 Å². The summed E-state index contributed by atoms with van der Waals surface area (Å²) in [5.41, 5.74) is 1.25. The van der Waals surface area contributed by atoms with Gasteiger partial charge in [-0.1, -0.05) is 26.3 Å². The smallest absolute Gasteiger partial charge is 0.261 e. The summed E-state index contributed by atoms with van der Waals surface area (Å²) in [5, 5.41) is 8.83. The van der Waals surface area contributed by atoms with Crippen molar-refractivity contribution in [2.45, 2.75) is 40.0 Å². The normalized spacial score (nSPS) is 12.0. The standard InChI is InChI=1S/C13H9F2N5O.C11H18F2/c14-7-2-1-3-8(15)10(7)13(21)19-9-6-18-20-11(9)12-16-4-5-17-12;1-4-6-10(5-2)11(13)7-9(3)8-12/h1-6H,(H,16,17)(H,18,20)(H,19,21);7H,4-6,8H2,1-3H3/b;9-7+,11-10-. The predicted octanol–water partition coefficient (Wildman–Crippen LogP) is 6.67. The monoisotopic (exact) mass is 477 g/mol. The van der Waals surface area contributed by atoms with Crippen LogP contribution in [0.2, 0.25) is 0 Å². The second-order valence-electron chi connectivity index (χ2n) is 7.33. The highest BCUT2D eigenvalue weighted by Gasteiger charge is 2.19. The molecule has 0 atom stereocenters. The number of rotatable bonds is 8. The molecule has 0 aliphatic carbocycles. The first-order valence-corrected chi connectivity index (χ1v) is 10.7. The van der Waals surface area contributed by atoms with E-state index in [-0.39, 0.29) is 11.5 Å². The predicted molar refractivity (Wildman–Crippen MR) is 124 cm³/mol. The van der Waals surface area contributed by atoms with Crippen LogP contribution < -0.4 is 5.32 Å². The van der Waals surface area contributed by atoms with Crippen LogP contribution in [0.4, 0.5) is 23.2 Å². The Hall–Kier alpha value is -3.69. The molecule has 6 nitrogen and oxygen atoms in total. The molecule has 1 aromatic carbocycles. The number of allylic oxidation sites excluding steroid dienone is 4. The Bertz CT molecular complexity index is 1120. The summed E-state index contributed by atoms with van der Waals surface area (Å²) >= 11 is 0. The molecule has 1 amide bonds. The molecule has 0 saturated carbocycles. The molecule has 2 heterocycles. The van der Waals surface area contributed by atoms with Crippen LogP contribution in [0.25, 0.3) is 11.5 Å². The van der Waals surface area contributed by atoms with E-state index in [0.29, 0.717) is 23.5 Å². The SMILES string of the molecule is CCC/C(CC)=C(F)/C=C(\C)CF.O=C(Nc1cn[nH]c1-c1ncc[nH]1)c1c(F)cccc1F. The number of amides is 1. The van der Waals surface area contributed by atoms with Crippen LogP contribution in [0.15, 0.2) is 59.8 Å². The Morgan fingerprint density at radius 2 is 1.91 bits per heavy atom. The van der Waals surface area contributed by atoms with Gasteiger partial charge >= 0.3 is 0 Å². The zero-order valence-electron chi connectivity index (χ0n) is 19.2. The summed E-state index contributed by atoms with van der Waals surface area (Å²) in [7, 11) is 0. The van der Waals surface area contributed by atoms with Crippen LogP contribution in [-0.2, 0) is 0 Å². The molecule has 10 heteroatoms. The third kappa shape index (κ3) is 7.16. The van der Waals surface area contributed by atoms with Crippen molar-refractivity contribution in [1.29, 1.82) is 0 Å². The van der Waals surface area contributed by atoms with Crippen LogP contribution in [0.5, 0.6) is 0 Å². The summed E-state index contributed by atoms with van der Waals surface area (Å²) in [5.74, 6) is -2.58. The van der Waals surface area contributed by atoms with Crippen LogP contribution in [0.1, 0.15) is 50.4 Å². The first-order chi connectivity index (χ1) is 16.3. The van der Waals surface area contributed by atoms with Crippen molar-refractivity contribution in [2.75, 3.05) is 12.0 Å². The number of aromatic nitrogens is 4. The molecular weight excluding hydrogens is 450 g/mol. The topological polar surface area (TPSA) is 86.5 Å². The third-order valence-corrected chi connectivity index (χ3v) is 4.71. The van der Waals surface area contributed by atoms with Gasteiger partial charge in [0.1, 0.15) is 35.4 Å². The molecule has 0 radical (unpaired) electrons. The van der Waals surface area contributed by atoms with Crippen LogP contribution in [0, 0.1) is 11.6 Å². The maximum absolute atomic E-state index is 13.6. The molecule has 0 fully saturated rings. The molecule has 34 heavy (non-hydrogen) atoms. The number of carbonyl (C=O) groups is 1. The molecule has 0 bridgehead atoms. The Labute approximate surface area is 195 Å². The number of carbonyl (C=O) groups excluding carboxylic acids is 1. The van der Waals surface area contributed by atoms with E-state index in [0.717, 1.165) is 30.5 Å². The van der Waals surface area contributed by atoms with Gasteiger partial charge in [-0.05, 0) is 49.1 Å². The fourth-order valence-corrected chi connectivity index (χ4v) is 2.99. The molecule has 0 aliphatic heterocycles. The minimum absolute atomic E-state index is 0.250. The fourth-order valence-electron chi connectivity index (χ4n) is 2.99. The number of hydrogen-bond donors (Lipinski definition) is 3. The molecule has 0 unspecified atom stereocenters. The number of nitrogens with zero attached hydrogens (tertiary/aromatic N) is 2. The number of alkyl halides is 1. The summed E-state index contributed by atoms with van der Waals surface area (Å²) < 4.78 is 52.5. The van der Waals surface area contributed by atoms with Gasteiger partial charge < -0.3 is 10.3 Å². The van der Waals surface area contributed by atoms with Crippen molar-refractivity contribution < 1.29 is 22.4 Å². The van der Waals surface area contributed by atoms with Crippen molar-refractivity contribution >= 4 is 11.6 Å². The average molecular weight is 478 g/mol. The van der Waals surface area contributed by atoms with E-state index < -0.39 is 29.8 Å². The zero-order chi connectivity index (χ0) is 25.1. The molecule has 0 spiro atoms. The van der Waals surface area contributed by atoms with Crippen molar-refractivity contribution in [3.05, 3.63) is 77.0 Å². The van der Waals surface area contributed by atoms with Crippen LogP contribution in [0.3, 0.4) is 0 Å². The van der Waals surface area contributed by atoms with Crippen LogP contribution in [-0.4, -0.2) is 32.7 Å². The number of H-pyrrole nitrogens is 2. The highest BCUT2D eigenvalue weighted by molar-refractivity contribution is 6.06. The number of aromatic amines is 2. The second-order valence-corrected chi connectivity index (χ2v) is 7.33. The van der Waals surface area contributed by atoms with Crippen molar-refractivity contribution in [3.63, 3.8) is 0 Å². The minimum Gasteiger partial charge on any atom is -0.343 e. The minimum atomic E-state index is -0.935. The van der Waals surface area contributed by atoms with Gasteiger partial charge in [-0.25, -0.2) is 22.5 Å². The lowest BCUT2D eigenvalue weighted by Gasteiger charge is -2.06. The van der Waals surface area contributed by atoms with E-state index in [4.69, 9.17) is 0 Å². The zero-order valence-corrected chi connectivity index (χ0v) is 19.2. The maximum Gasteiger partial charge on any atom is 0.261 e. The van der Waals surface area contributed by atoms with E-state index in [2.05, 4.69) is 25.5 Å². The van der Waals surface area contributed by atoms with Gasteiger partial charge in [0.15, 0.2) is 5.82 Å². The lowest BCUT2D eigenvalue weighted by Crippen LogP contribution is -2.16. The molecule has 182 valence electrons. The maximum atomic E-state index is 13.6. The van der Waals surface area contributed by atoms with Crippen molar-refractivity contribution in [2.24, 2.45) is 0 Å². The average Bonchev–Trinajstić information content (AvgIpc) is 3.49. The Morgan fingerprint density at radius 3 is 2.47 bits per heavy atom. The van der Waals surface area contributed by atoms with Crippen molar-refractivity contribution in [1.82, 2.24) is 20.2 Å². The summed E-state index contributed by atoms with van der Waals surface area (Å²) in [6, 6.07) is 3.22. The molecule has 2 aromatic heterocycles. The van der Waals surface area contributed by atoms with Crippen LogP contribution >= 0.6 is 0 Å². The fraction of sp³-hybridized carbons (Fsp3) is 0.292. The quantitative estimate of drug-likeness (QED) is 0.250. The van der Waals surface area contributed by atoms with Gasteiger partial charge in [0.05, 0.1) is 11.9 Å². The number of benzene rings is 1. The summed E-state index contributed by atoms with van der Waals surface area (Å²) in [6.45, 7) is 4.95. The Morgan fingerprint density at radius 1 is 1.21 bits per heavy atom. The number of imidazole rings is 1. The van der Waals surface area contributed by atoms with Gasteiger partial charge in [-0.15, -0.1) is 0 Å². The Kier molecular flexibility index (Phi) is 10.3. The number of halogens is 4. The van der Waals surface area contributed by atoms with Gasteiger partial charge in [-0.2, -0.15) is 5.10 Å². The van der Waals surface area contributed by atoms with Crippen molar-refractivity contribution in [3.8, 4) is 11.5 Å². The van der Waals surface area contributed by atoms with Gasteiger partial charge in [-0.3, -0.25) is 9.89 Å².